The number of carbonyl (C=O) groups is 4. The largest absolute Gasteiger partial charge is 0.462 e. The molecule has 0 aromatic rings. The zero-order valence-corrected chi connectivity index (χ0v) is 13.7. The summed E-state index contributed by atoms with van der Waals surface area (Å²) in [5, 5.41) is 9.91. The van der Waals surface area contributed by atoms with Gasteiger partial charge >= 0.3 is 23.9 Å². The first-order valence-corrected chi connectivity index (χ1v) is 7.10. The number of esters is 4. The number of rotatable bonds is 6. The van der Waals surface area contributed by atoms with Crippen molar-refractivity contribution in [1.29, 1.82) is 0 Å². The molecule has 1 rings (SSSR count). The van der Waals surface area contributed by atoms with E-state index in [1.807, 2.05) is 0 Å². The van der Waals surface area contributed by atoms with Crippen LogP contribution < -0.4 is 0 Å². The van der Waals surface area contributed by atoms with Crippen LogP contribution in [0.15, 0.2) is 0 Å². The minimum atomic E-state index is -1.61. The Morgan fingerprint density at radius 2 is 1.46 bits per heavy atom. The third kappa shape index (κ3) is 5.78. The molecule has 10 nitrogen and oxygen atoms in total. The first kappa shape index (κ1) is 19.8. The van der Waals surface area contributed by atoms with Crippen molar-refractivity contribution in [3.8, 4) is 0 Å². The zero-order chi connectivity index (χ0) is 18.4. The summed E-state index contributed by atoms with van der Waals surface area (Å²) in [5.41, 5.74) is 0. The highest BCUT2D eigenvalue weighted by molar-refractivity contribution is 5.68. The molecule has 5 atom stereocenters. The van der Waals surface area contributed by atoms with E-state index in [4.69, 9.17) is 23.7 Å². The molecular formula is C14H20O10. The van der Waals surface area contributed by atoms with Gasteiger partial charge in [0, 0.05) is 27.7 Å². The van der Waals surface area contributed by atoms with Crippen LogP contribution in [0.25, 0.3) is 0 Å². The lowest BCUT2D eigenvalue weighted by Gasteiger charge is -2.27. The fourth-order valence-corrected chi connectivity index (χ4v) is 2.22. The molecule has 0 aromatic heterocycles. The Morgan fingerprint density at radius 3 is 1.92 bits per heavy atom. The monoisotopic (exact) mass is 348 g/mol. The summed E-state index contributed by atoms with van der Waals surface area (Å²) >= 11 is 0. The lowest BCUT2D eigenvalue weighted by Crippen LogP contribution is -2.46. The summed E-state index contributed by atoms with van der Waals surface area (Å²) in [4.78, 5) is 44.7. The average molecular weight is 348 g/mol. The predicted molar refractivity (Wildman–Crippen MR) is 74.2 cm³/mol. The number of carbonyl (C=O) groups excluding carboxylic acids is 4. The third-order valence-corrected chi connectivity index (χ3v) is 2.96. The molecule has 1 N–H and O–H groups in total. The number of ether oxygens (including phenoxy) is 5. The Kier molecular flexibility index (Phi) is 7.11. The van der Waals surface area contributed by atoms with Crippen LogP contribution in [-0.2, 0) is 42.9 Å². The Labute approximate surface area is 137 Å². The van der Waals surface area contributed by atoms with E-state index in [0.717, 1.165) is 27.7 Å². The molecule has 24 heavy (non-hydrogen) atoms. The maximum Gasteiger partial charge on any atom is 0.303 e. The van der Waals surface area contributed by atoms with Crippen LogP contribution >= 0.6 is 0 Å². The lowest BCUT2D eigenvalue weighted by molar-refractivity contribution is -0.184. The first-order valence-electron chi connectivity index (χ1n) is 7.10. The van der Waals surface area contributed by atoms with Gasteiger partial charge in [0.25, 0.3) is 0 Å². The van der Waals surface area contributed by atoms with Crippen molar-refractivity contribution in [1.82, 2.24) is 0 Å². The number of hydrogen-bond donors (Lipinski definition) is 1. The smallest absolute Gasteiger partial charge is 0.303 e. The van der Waals surface area contributed by atoms with E-state index in [-0.39, 0.29) is 0 Å². The molecule has 1 aliphatic rings. The molecule has 0 saturated carbocycles. The van der Waals surface area contributed by atoms with Gasteiger partial charge < -0.3 is 28.8 Å². The first-order chi connectivity index (χ1) is 11.1. The second-order valence-electron chi connectivity index (χ2n) is 5.09. The molecule has 0 amide bonds. The van der Waals surface area contributed by atoms with Crippen LogP contribution in [0.3, 0.4) is 0 Å². The average Bonchev–Trinajstić information content (AvgIpc) is 2.70. The van der Waals surface area contributed by atoms with Gasteiger partial charge in [-0.15, -0.1) is 0 Å². The van der Waals surface area contributed by atoms with Gasteiger partial charge in [-0.3, -0.25) is 19.2 Å². The minimum absolute atomic E-state index is 0.392. The summed E-state index contributed by atoms with van der Waals surface area (Å²) in [6, 6.07) is 0. The summed E-state index contributed by atoms with van der Waals surface area (Å²) in [6.45, 7) is 4.10. The molecule has 10 heteroatoms. The molecule has 1 aliphatic heterocycles. The van der Waals surface area contributed by atoms with E-state index in [2.05, 4.69) is 0 Å². The van der Waals surface area contributed by atoms with Crippen LogP contribution in [0.4, 0.5) is 0 Å². The van der Waals surface area contributed by atoms with E-state index in [1.165, 1.54) is 0 Å². The highest BCUT2D eigenvalue weighted by Crippen LogP contribution is 2.29. The standard InChI is InChI=1S/C14H20O10/c1-6(15)20-5-10(21-7(2)16)11-12(22-8(3)17)13(14(19)24-11)23-9(4)18/h10-14,19H,5H2,1-4H3/t10-,11-,12+,13+,14-/m1/s1. The Hall–Kier alpha value is -2.20. The summed E-state index contributed by atoms with van der Waals surface area (Å²) in [7, 11) is 0. The molecule has 136 valence electrons. The van der Waals surface area contributed by atoms with E-state index in [9.17, 15) is 24.3 Å². The van der Waals surface area contributed by atoms with Crippen molar-refractivity contribution in [2.45, 2.75) is 58.4 Å². The van der Waals surface area contributed by atoms with Gasteiger partial charge in [0.05, 0.1) is 0 Å². The minimum Gasteiger partial charge on any atom is -0.462 e. The molecule has 1 heterocycles. The Balaban J connectivity index is 3.03. The van der Waals surface area contributed by atoms with Crippen LogP contribution in [0, 0.1) is 0 Å². The fourth-order valence-electron chi connectivity index (χ4n) is 2.22. The molecule has 0 bridgehead atoms. The topological polar surface area (TPSA) is 135 Å². The van der Waals surface area contributed by atoms with Crippen molar-refractivity contribution < 1.29 is 48.0 Å². The van der Waals surface area contributed by atoms with Crippen LogP contribution in [0.5, 0.6) is 0 Å². The third-order valence-electron chi connectivity index (χ3n) is 2.96. The highest BCUT2D eigenvalue weighted by Gasteiger charge is 2.52. The van der Waals surface area contributed by atoms with Crippen molar-refractivity contribution in [3.05, 3.63) is 0 Å². The summed E-state index contributed by atoms with van der Waals surface area (Å²) in [6.07, 6.45) is -6.55. The van der Waals surface area contributed by atoms with Gasteiger partial charge in [-0.25, -0.2) is 0 Å². The second kappa shape index (κ2) is 8.60. The second-order valence-corrected chi connectivity index (χ2v) is 5.09. The van der Waals surface area contributed by atoms with Gasteiger partial charge in [-0.2, -0.15) is 0 Å². The number of hydrogen-bond acceptors (Lipinski definition) is 10. The van der Waals surface area contributed by atoms with E-state index in [0.29, 0.717) is 0 Å². The number of aliphatic hydroxyl groups is 1. The van der Waals surface area contributed by atoms with Gasteiger partial charge in [-0.1, -0.05) is 0 Å². The SMILES string of the molecule is CC(=O)OC[C@@H](OC(C)=O)[C@H]1O[C@@H](O)[C@@H](OC(C)=O)[C@H]1OC(C)=O. The molecule has 1 saturated heterocycles. The van der Waals surface area contributed by atoms with Crippen LogP contribution in [0.2, 0.25) is 0 Å². The molecule has 1 fully saturated rings. The van der Waals surface area contributed by atoms with Gasteiger partial charge in [0.1, 0.15) is 12.7 Å². The molecular weight excluding hydrogens is 328 g/mol. The van der Waals surface area contributed by atoms with Crippen molar-refractivity contribution in [2.24, 2.45) is 0 Å². The van der Waals surface area contributed by atoms with Crippen LogP contribution in [0.1, 0.15) is 27.7 Å². The van der Waals surface area contributed by atoms with Crippen LogP contribution in [-0.4, -0.2) is 66.3 Å². The van der Waals surface area contributed by atoms with Gasteiger partial charge in [0.2, 0.25) is 0 Å². The molecule has 0 unspecified atom stereocenters. The maximum absolute atomic E-state index is 11.3. The van der Waals surface area contributed by atoms with Crippen molar-refractivity contribution in [2.75, 3.05) is 6.61 Å². The highest BCUT2D eigenvalue weighted by atomic mass is 16.7. The van der Waals surface area contributed by atoms with E-state index < -0.39 is 61.2 Å². The van der Waals surface area contributed by atoms with E-state index in [1.54, 1.807) is 0 Å². The maximum atomic E-state index is 11.3. The normalized spacial score (nSPS) is 27.0. The predicted octanol–water partition coefficient (Wildman–Crippen LogP) is -0.938. The quantitative estimate of drug-likeness (QED) is 0.473. The zero-order valence-electron chi connectivity index (χ0n) is 13.7. The van der Waals surface area contributed by atoms with Gasteiger partial charge in [0.15, 0.2) is 24.6 Å². The fraction of sp³-hybridized carbons (Fsp3) is 0.714. The summed E-state index contributed by atoms with van der Waals surface area (Å²) in [5.74, 6) is -2.80. The molecule has 0 aliphatic carbocycles. The Bertz CT molecular complexity index is 502. The van der Waals surface area contributed by atoms with Crippen molar-refractivity contribution in [3.63, 3.8) is 0 Å². The molecule has 0 radical (unpaired) electrons. The lowest BCUT2D eigenvalue weighted by atomic mass is 10.1. The number of aliphatic hydroxyl groups excluding tert-OH is 1. The Morgan fingerprint density at radius 1 is 0.917 bits per heavy atom. The molecule has 0 spiro atoms. The molecule has 0 aromatic carbocycles. The summed E-state index contributed by atoms with van der Waals surface area (Å²) < 4.78 is 25.0. The van der Waals surface area contributed by atoms with Crippen molar-refractivity contribution >= 4 is 23.9 Å². The van der Waals surface area contributed by atoms with Gasteiger partial charge in [-0.05, 0) is 0 Å². The van der Waals surface area contributed by atoms with E-state index >= 15 is 0 Å².